The maximum absolute atomic E-state index is 12.9. The summed E-state index contributed by atoms with van der Waals surface area (Å²) in [4.78, 5) is 15.9. The van der Waals surface area contributed by atoms with Gasteiger partial charge in [0.1, 0.15) is 0 Å². The van der Waals surface area contributed by atoms with Crippen molar-refractivity contribution in [2.45, 2.75) is 17.1 Å². The lowest BCUT2D eigenvalue weighted by Crippen LogP contribution is -2.38. The molecule has 1 amide bonds. The number of benzene rings is 2. The van der Waals surface area contributed by atoms with Crippen LogP contribution >= 0.6 is 11.8 Å². The number of ether oxygens (including phenoxy) is 2. The van der Waals surface area contributed by atoms with E-state index in [1.807, 2.05) is 34.9 Å². The van der Waals surface area contributed by atoms with Crippen molar-refractivity contribution in [3.63, 3.8) is 0 Å². The molecule has 2 heterocycles. The second-order valence-electron chi connectivity index (χ2n) is 5.38. The van der Waals surface area contributed by atoms with Gasteiger partial charge >= 0.3 is 0 Å². The second kappa shape index (κ2) is 5.25. The van der Waals surface area contributed by atoms with Gasteiger partial charge in [0.15, 0.2) is 11.5 Å². The Balaban J connectivity index is 1.71. The molecule has 4 rings (SSSR count). The van der Waals surface area contributed by atoms with Gasteiger partial charge in [-0.05, 0) is 30.3 Å². The Bertz CT molecular complexity index is 746. The molecule has 5 heteroatoms. The normalized spacial score (nSPS) is 19.0. The number of thioether (sulfide) groups is 1. The Labute approximate surface area is 133 Å². The van der Waals surface area contributed by atoms with Gasteiger partial charge in [0.05, 0.1) is 5.69 Å². The number of fused-ring (bicyclic) bond motifs is 2. The van der Waals surface area contributed by atoms with Crippen molar-refractivity contribution in [1.82, 2.24) is 0 Å². The number of amides is 1. The average molecular weight is 313 g/mol. The summed E-state index contributed by atoms with van der Waals surface area (Å²) in [7, 11) is 0. The zero-order chi connectivity index (χ0) is 15.1. The molecule has 2 aliphatic rings. The van der Waals surface area contributed by atoms with Crippen molar-refractivity contribution in [2.75, 3.05) is 18.2 Å². The van der Waals surface area contributed by atoms with E-state index >= 15 is 0 Å². The lowest BCUT2D eigenvalue weighted by Gasteiger charge is -2.32. The molecule has 0 fully saturated rings. The minimum Gasteiger partial charge on any atom is -0.454 e. The molecule has 0 saturated heterocycles. The Morgan fingerprint density at radius 1 is 1.18 bits per heavy atom. The minimum absolute atomic E-state index is 0.00194. The van der Waals surface area contributed by atoms with Gasteiger partial charge in [0.2, 0.25) is 6.79 Å². The quantitative estimate of drug-likeness (QED) is 0.807. The van der Waals surface area contributed by atoms with Crippen LogP contribution in [0.25, 0.3) is 0 Å². The third kappa shape index (κ3) is 2.22. The van der Waals surface area contributed by atoms with E-state index in [0.29, 0.717) is 28.9 Å². The molecule has 2 aromatic carbocycles. The average Bonchev–Trinajstić information content (AvgIpc) is 3.00. The molecule has 0 aromatic heterocycles. The van der Waals surface area contributed by atoms with Crippen molar-refractivity contribution < 1.29 is 14.3 Å². The van der Waals surface area contributed by atoms with E-state index in [1.165, 1.54) is 0 Å². The lowest BCUT2D eigenvalue weighted by atomic mass is 10.1. The van der Waals surface area contributed by atoms with Crippen LogP contribution in [-0.4, -0.2) is 24.5 Å². The summed E-state index contributed by atoms with van der Waals surface area (Å²) in [6, 6.07) is 13.4. The highest BCUT2D eigenvalue weighted by Gasteiger charge is 2.28. The number of hydrogen-bond donors (Lipinski definition) is 0. The first-order chi connectivity index (χ1) is 10.7. The molecule has 22 heavy (non-hydrogen) atoms. The molecule has 112 valence electrons. The Kier molecular flexibility index (Phi) is 3.22. The fourth-order valence-corrected chi connectivity index (χ4v) is 3.88. The molecule has 0 bridgehead atoms. The predicted molar refractivity (Wildman–Crippen MR) is 86.0 cm³/mol. The molecule has 0 N–H and O–H groups in total. The Morgan fingerprint density at radius 3 is 2.91 bits per heavy atom. The summed E-state index contributed by atoms with van der Waals surface area (Å²) in [6.45, 7) is 3.06. The van der Waals surface area contributed by atoms with E-state index in [2.05, 4.69) is 13.0 Å². The number of anilines is 1. The summed E-state index contributed by atoms with van der Waals surface area (Å²) >= 11 is 1.81. The third-order valence-corrected chi connectivity index (χ3v) is 4.94. The highest BCUT2D eigenvalue weighted by molar-refractivity contribution is 8.00. The maximum atomic E-state index is 12.9. The van der Waals surface area contributed by atoms with Crippen molar-refractivity contribution in [3.05, 3.63) is 48.0 Å². The smallest absolute Gasteiger partial charge is 0.258 e. The van der Waals surface area contributed by atoms with Crippen LogP contribution in [0, 0.1) is 0 Å². The van der Waals surface area contributed by atoms with E-state index in [9.17, 15) is 4.79 Å². The van der Waals surface area contributed by atoms with E-state index in [1.54, 1.807) is 18.2 Å². The van der Waals surface area contributed by atoms with Crippen LogP contribution in [0.2, 0.25) is 0 Å². The Morgan fingerprint density at radius 2 is 2.00 bits per heavy atom. The van der Waals surface area contributed by atoms with Crippen molar-refractivity contribution >= 4 is 23.4 Å². The van der Waals surface area contributed by atoms with Crippen LogP contribution in [0.15, 0.2) is 47.4 Å². The largest absolute Gasteiger partial charge is 0.454 e. The van der Waals surface area contributed by atoms with Gasteiger partial charge in [0, 0.05) is 22.3 Å². The molecular weight excluding hydrogens is 298 g/mol. The van der Waals surface area contributed by atoms with Crippen molar-refractivity contribution in [1.29, 1.82) is 0 Å². The van der Waals surface area contributed by atoms with Crippen LogP contribution in [-0.2, 0) is 0 Å². The summed E-state index contributed by atoms with van der Waals surface area (Å²) < 4.78 is 10.7. The molecule has 0 aliphatic carbocycles. The second-order valence-corrected chi connectivity index (χ2v) is 6.86. The summed E-state index contributed by atoms with van der Waals surface area (Å²) in [5.74, 6) is 1.33. The van der Waals surface area contributed by atoms with Crippen molar-refractivity contribution in [3.8, 4) is 11.5 Å². The van der Waals surface area contributed by atoms with Gasteiger partial charge in [-0.1, -0.05) is 19.1 Å². The van der Waals surface area contributed by atoms with E-state index in [-0.39, 0.29) is 12.7 Å². The summed E-state index contributed by atoms with van der Waals surface area (Å²) in [6.07, 6.45) is 0. The van der Waals surface area contributed by atoms with Gasteiger partial charge in [0.25, 0.3) is 5.91 Å². The Hall–Kier alpha value is -2.14. The molecule has 1 atom stereocenters. The highest BCUT2D eigenvalue weighted by atomic mass is 32.2. The maximum Gasteiger partial charge on any atom is 0.258 e. The number of rotatable bonds is 1. The molecule has 0 spiro atoms. The molecule has 0 radical (unpaired) electrons. The number of nitrogens with zero attached hydrogens (tertiary/aromatic N) is 1. The van der Waals surface area contributed by atoms with Crippen LogP contribution in [0.5, 0.6) is 11.5 Å². The third-order valence-electron chi connectivity index (χ3n) is 3.79. The first-order valence-corrected chi connectivity index (χ1v) is 8.07. The topological polar surface area (TPSA) is 38.8 Å². The molecule has 1 unspecified atom stereocenters. The van der Waals surface area contributed by atoms with Crippen molar-refractivity contribution in [2.24, 2.45) is 0 Å². The molecule has 4 nitrogen and oxygen atoms in total. The number of para-hydroxylation sites is 1. The van der Waals surface area contributed by atoms with E-state index in [0.717, 1.165) is 10.6 Å². The van der Waals surface area contributed by atoms with Gasteiger partial charge in [-0.3, -0.25) is 4.79 Å². The first kappa shape index (κ1) is 13.5. The molecule has 2 aromatic rings. The summed E-state index contributed by atoms with van der Waals surface area (Å²) in [5.41, 5.74) is 1.60. The SMILES string of the molecule is CC1CN(C(=O)c2ccc3c(c2)OCO3)c2ccccc2S1. The summed E-state index contributed by atoms with van der Waals surface area (Å²) in [5, 5.41) is 0.368. The zero-order valence-corrected chi connectivity index (χ0v) is 12.9. The monoisotopic (exact) mass is 313 g/mol. The fourth-order valence-electron chi connectivity index (χ4n) is 2.77. The standard InChI is InChI=1S/C17H15NO3S/c1-11-9-18(13-4-2-3-5-16(13)22-11)17(19)12-6-7-14-15(8-12)21-10-20-14/h2-8,11H,9-10H2,1H3. The predicted octanol–water partition coefficient (Wildman–Crippen LogP) is 3.56. The fraction of sp³-hybridized carbons (Fsp3) is 0.235. The lowest BCUT2D eigenvalue weighted by molar-refractivity contribution is 0.0986. The van der Waals surface area contributed by atoms with Gasteiger partial charge < -0.3 is 14.4 Å². The van der Waals surface area contributed by atoms with Crippen LogP contribution < -0.4 is 14.4 Å². The van der Waals surface area contributed by atoms with Crippen LogP contribution in [0.4, 0.5) is 5.69 Å². The van der Waals surface area contributed by atoms with Crippen LogP contribution in [0.3, 0.4) is 0 Å². The van der Waals surface area contributed by atoms with Gasteiger partial charge in [-0.25, -0.2) is 0 Å². The van der Waals surface area contributed by atoms with E-state index in [4.69, 9.17) is 9.47 Å². The van der Waals surface area contributed by atoms with E-state index < -0.39 is 0 Å². The first-order valence-electron chi connectivity index (χ1n) is 7.19. The molecular formula is C17H15NO3S. The highest BCUT2D eigenvalue weighted by Crippen LogP contribution is 2.39. The number of carbonyl (C=O) groups is 1. The zero-order valence-electron chi connectivity index (χ0n) is 12.1. The molecule has 0 saturated carbocycles. The molecule has 2 aliphatic heterocycles. The minimum atomic E-state index is -0.00194. The van der Waals surface area contributed by atoms with Gasteiger partial charge in [-0.15, -0.1) is 11.8 Å². The van der Waals surface area contributed by atoms with Crippen LogP contribution in [0.1, 0.15) is 17.3 Å². The van der Waals surface area contributed by atoms with Gasteiger partial charge in [-0.2, -0.15) is 0 Å². The number of hydrogen-bond acceptors (Lipinski definition) is 4. The number of carbonyl (C=O) groups excluding carboxylic acids is 1.